The zero-order valence-corrected chi connectivity index (χ0v) is 19.2. The van der Waals surface area contributed by atoms with Crippen LogP contribution in [-0.4, -0.2) is 29.3 Å². The van der Waals surface area contributed by atoms with Crippen LogP contribution in [0.1, 0.15) is 30.1 Å². The van der Waals surface area contributed by atoms with Crippen molar-refractivity contribution in [1.82, 2.24) is 0 Å². The standard InChI is InChI=1S/C25H23ClN2O6/c1-2-3-16-33-19-12-8-17(9-13-19)23(29)24(25(30)27-22-7-5-4-6-21(22)26)34-20-14-10-18(11-15-20)28(31)32/h4-15,24H,2-3,16H2,1H3,(H,27,30). The molecule has 0 saturated carbocycles. The monoisotopic (exact) mass is 482 g/mol. The molecule has 8 nitrogen and oxygen atoms in total. The van der Waals surface area contributed by atoms with Crippen molar-refractivity contribution in [3.05, 3.63) is 93.5 Å². The predicted molar refractivity (Wildman–Crippen MR) is 129 cm³/mol. The van der Waals surface area contributed by atoms with Gasteiger partial charge in [0.1, 0.15) is 11.5 Å². The number of nitro benzene ring substituents is 1. The highest BCUT2D eigenvalue weighted by Crippen LogP contribution is 2.24. The minimum absolute atomic E-state index is 0.123. The maximum absolute atomic E-state index is 13.2. The van der Waals surface area contributed by atoms with Gasteiger partial charge < -0.3 is 14.8 Å². The molecule has 0 aliphatic rings. The molecule has 1 amide bonds. The van der Waals surface area contributed by atoms with E-state index < -0.39 is 22.7 Å². The van der Waals surface area contributed by atoms with Gasteiger partial charge >= 0.3 is 0 Å². The number of unbranched alkanes of at least 4 members (excludes halogenated alkanes) is 1. The van der Waals surface area contributed by atoms with Gasteiger partial charge in [0, 0.05) is 17.7 Å². The number of para-hydroxylation sites is 1. The number of nitro groups is 1. The van der Waals surface area contributed by atoms with Crippen LogP contribution in [0.5, 0.6) is 11.5 Å². The number of hydrogen-bond donors (Lipinski definition) is 1. The third-order valence-corrected chi connectivity index (χ3v) is 5.14. The van der Waals surface area contributed by atoms with Crippen LogP contribution in [0.2, 0.25) is 5.02 Å². The van der Waals surface area contributed by atoms with Crippen LogP contribution in [0, 0.1) is 10.1 Å². The van der Waals surface area contributed by atoms with Gasteiger partial charge in [-0.2, -0.15) is 0 Å². The summed E-state index contributed by atoms with van der Waals surface area (Å²) in [7, 11) is 0. The first-order valence-corrected chi connectivity index (χ1v) is 11.0. The lowest BCUT2D eigenvalue weighted by Crippen LogP contribution is -2.40. The molecule has 0 aromatic heterocycles. The van der Waals surface area contributed by atoms with Crippen molar-refractivity contribution in [1.29, 1.82) is 0 Å². The number of carbonyl (C=O) groups excluding carboxylic acids is 2. The Bertz CT molecular complexity index is 1150. The van der Waals surface area contributed by atoms with Crippen LogP contribution < -0.4 is 14.8 Å². The van der Waals surface area contributed by atoms with Crippen LogP contribution in [0.3, 0.4) is 0 Å². The molecule has 0 bridgehead atoms. The smallest absolute Gasteiger partial charge is 0.273 e. The van der Waals surface area contributed by atoms with E-state index in [0.717, 1.165) is 12.8 Å². The van der Waals surface area contributed by atoms with E-state index in [-0.39, 0.29) is 17.0 Å². The number of hydrogen-bond acceptors (Lipinski definition) is 6. The lowest BCUT2D eigenvalue weighted by molar-refractivity contribution is -0.384. The van der Waals surface area contributed by atoms with E-state index in [0.29, 0.717) is 23.1 Å². The SMILES string of the molecule is CCCCOc1ccc(C(=O)C(Oc2ccc([N+](=O)[O-])cc2)C(=O)Nc2ccccc2Cl)cc1. The van der Waals surface area contributed by atoms with Gasteiger partial charge in [0.05, 0.1) is 22.2 Å². The second-order valence-electron chi connectivity index (χ2n) is 7.31. The molecule has 9 heteroatoms. The number of halogens is 1. The van der Waals surface area contributed by atoms with E-state index >= 15 is 0 Å². The van der Waals surface area contributed by atoms with Gasteiger partial charge in [0.25, 0.3) is 11.6 Å². The Balaban J connectivity index is 1.84. The number of nitrogens with zero attached hydrogens (tertiary/aromatic N) is 1. The zero-order chi connectivity index (χ0) is 24.5. The molecule has 34 heavy (non-hydrogen) atoms. The summed E-state index contributed by atoms with van der Waals surface area (Å²) >= 11 is 6.13. The van der Waals surface area contributed by atoms with Gasteiger partial charge in [-0.1, -0.05) is 37.1 Å². The van der Waals surface area contributed by atoms with Gasteiger partial charge in [-0.3, -0.25) is 19.7 Å². The Labute approximate surface area is 201 Å². The first kappa shape index (κ1) is 24.7. The van der Waals surface area contributed by atoms with Crippen molar-refractivity contribution < 1.29 is 24.0 Å². The molecule has 0 aliphatic heterocycles. The topological polar surface area (TPSA) is 108 Å². The van der Waals surface area contributed by atoms with E-state index in [4.69, 9.17) is 21.1 Å². The minimum Gasteiger partial charge on any atom is -0.494 e. The average molecular weight is 483 g/mol. The van der Waals surface area contributed by atoms with E-state index in [2.05, 4.69) is 12.2 Å². The summed E-state index contributed by atoms with van der Waals surface area (Å²) in [6, 6.07) is 18.1. The summed E-state index contributed by atoms with van der Waals surface area (Å²) in [5, 5.41) is 13.8. The summed E-state index contributed by atoms with van der Waals surface area (Å²) in [4.78, 5) is 36.6. The third kappa shape index (κ3) is 6.55. The molecular formula is C25H23ClN2O6. The molecule has 3 aromatic rings. The Morgan fingerprint density at radius 3 is 2.26 bits per heavy atom. The highest BCUT2D eigenvalue weighted by molar-refractivity contribution is 6.34. The second-order valence-corrected chi connectivity index (χ2v) is 7.72. The highest BCUT2D eigenvalue weighted by Gasteiger charge is 2.30. The van der Waals surface area contributed by atoms with E-state index in [1.165, 1.54) is 24.3 Å². The Kier molecular flexibility index (Phi) is 8.59. The van der Waals surface area contributed by atoms with E-state index in [1.807, 2.05) is 0 Å². The summed E-state index contributed by atoms with van der Waals surface area (Å²) in [5.41, 5.74) is 0.414. The molecule has 176 valence electrons. The maximum atomic E-state index is 13.2. The molecule has 0 fully saturated rings. The highest BCUT2D eigenvalue weighted by atomic mass is 35.5. The largest absolute Gasteiger partial charge is 0.494 e. The van der Waals surface area contributed by atoms with Crippen molar-refractivity contribution in [2.75, 3.05) is 11.9 Å². The van der Waals surface area contributed by atoms with Crippen molar-refractivity contribution in [2.24, 2.45) is 0 Å². The van der Waals surface area contributed by atoms with E-state index in [1.54, 1.807) is 48.5 Å². The summed E-state index contributed by atoms with van der Waals surface area (Å²) < 4.78 is 11.3. The fourth-order valence-corrected chi connectivity index (χ4v) is 3.15. The van der Waals surface area contributed by atoms with Crippen molar-refractivity contribution >= 4 is 34.7 Å². The molecule has 0 aliphatic carbocycles. The number of nitrogens with one attached hydrogen (secondary N) is 1. The fourth-order valence-electron chi connectivity index (χ4n) is 2.97. The third-order valence-electron chi connectivity index (χ3n) is 4.81. The molecule has 0 radical (unpaired) electrons. The van der Waals surface area contributed by atoms with Gasteiger partial charge in [-0.05, 0) is 55.0 Å². The molecule has 3 rings (SSSR count). The lowest BCUT2D eigenvalue weighted by atomic mass is 10.0. The number of rotatable bonds is 11. The molecule has 0 saturated heterocycles. The molecule has 0 spiro atoms. The molecule has 1 unspecified atom stereocenters. The molecule has 1 N–H and O–H groups in total. The lowest BCUT2D eigenvalue weighted by Gasteiger charge is -2.18. The van der Waals surface area contributed by atoms with Gasteiger partial charge in [-0.15, -0.1) is 0 Å². The summed E-state index contributed by atoms with van der Waals surface area (Å²) in [6.45, 7) is 2.62. The number of ketones is 1. The number of anilines is 1. The predicted octanol–water partition coefficient (Wildman–Crippen LogP) is 5.70. The number of Topliss-reactive ketones (excluding diaryl/α,β-unsaturated/α-hetero) is 1. The zero-order valence-electron chi connectivity index (χ0n) is 18.4. The van der Waals surface area contributed by atoms with Crippen LogP contribution in [0.4, 0.5) is 11.4 Å². The van der Waals surface area contributed by atoms with Crippen LogP contribution >= 0.6 is 11.6 Å². The van der Waals surface area contributed by atoms with Gasteiger partial charge in [0.15, 0.2) is 0 Å². The molecule has 1 atom stereocenters. The Hall–Kier alpha value is -3.91. The normalized spacial score (nSPS) is 11.4. The Morgan fingerprint density at radius 1 is 1.00 bits per heavy atom. The van der Waals surface area contributed by atoms with E-state index in [9.17, 15) is 19.7 Å². The Morgan fingerprint density at radius 2 is 1.65 bits per heavy atom. The first-order chi connectivity index (χ1) is 16.4. The molecule has 0 heterocycles. The molecular weight excluding hydrogens is 460 g/mol. The minimum atomic E-state index is -1.57. The van der Waals surface area contributed by atoms with Crippen LogP contribution in [0.25, 0.3) is 0 Å². The number of carbonyl (C=O) groups is 2. The first-order valence-electron chi connectivity index (χ1n) is 10.6. The second kappa shape index (κ2) is 11.8. The average Bonchev–Trinajstić information content (AvgIpc) is 2.84. The quantitative estimate of drug-likeness (QED) is 0.123. The maximum Gasteiger partial charge on any atom is 0.273 e. The molecule has 3 aromatic carbocycles. The number of ether oxygens (including phenoxy) is 2. The number of benzene rings is 3. The van der Waals surface area contributed by atoms with Crippen molar-refractivity contribution in [3.8, 4) is 11.5 Å². The van der Waals surface area contributed by atoms with Crippen molar-refractivity contribution in [2.45, 2.75) is 25.9 Å². The summed E-state index contributed by atoms with van der Waals surface area (Å²) in [6.07, 6.45) is 0.344. The van der Waals surface area contributed by atoms with Gasteiger partial charge in [0.2, 0.25) is 11.9 Å². The van der Waals surface area contributed by atoms with Crippen LogP contribution in [0.15, 0.2) is 72.8 Å². The number of non-ortho nitro benzene ring substituents is 1. The van der Waals surface area contributed by atoms with Gasteiger partial charge in [-0.25, -0.2) is 0 Å². The number of amides is 1. The fraction of sp³-hybridized carbons (Fsp3) is 0.200. The van der Waals surface area contributed by atoms with Crippen LogP contribution in [-0.2, 0) is 4.79 Å². The summed E-state index contributed by atoms with van der Waals surface area (Å²) in [5.74, 6) is -0.598. The van der Waals surface area contributed by atoms with Crippen molar-refractivity contribution in [3.63, 3.8) is 0 Å².